The molecule has 0 amide bonds. The van der Waals surface area contributed by atoms with Gasteiger partial charge in [-0.3, -0.25) is 9.69 Å². The molecule has 0 aliphatic heterocycles. The molecular weight excluding hydrogens is 443 g/mol. The number of hydrogen-bond donors (Lipinski definition) is 1. The van der Waals surface area contributed by atoms with Crippen LogP contribution in [0.3, 0.4) is 0 Å². The number of nitrogens with zero attached hydrogens (tertiary/aromatic N) is 5. The number of benzene rings is 2. The van der Waals surface area contributed by atoms with Crippen molar-refractivity contribution in [1.29, 1.82) is 0 Å². The van der Waals surface area contributed by atoms with E-state index in [2.05, 4.69) is 44.5 Å². The van der Waals surface area contributed by atoms with Crippen LogP contribution in [0.15, 0.2) is 53.3 Å². The Balaban J connectivity index is 1.48. The number of aromatic nitrogens is 5. The Morgan fingerprint density at radius 3 is 2.66 bits per heavy atom. The van der Waals surface area contributed by atoms with E-state index in [0.29, 0.717) is 19.1 Å². The lowest BCUT2D eigenvalue weighted by Crippen LogP contribution is -2.39. The minimum Gasteiger partial charge on any atom is -0.322 e. The monoisotopic (exact) mass is 474 g/mol. The molecule has 1 aliphatic carbocycles. The molecule has 182 valence electrons. The van der Waals surface area contributed by atoms with Crippen LogP contribution in [0.2, 0.25) is 0 Å². The standard InChI is InChI=1S/C27H31FN6O/c1-3-25(26-30-31-32-34(26)16-19-9-12-22(28)13-10-19)33(23-6-4-5-7-23)17-21-15-20-11-8-18(2)14-24(20)29-27(21)35/h8-15,23,25H,3-7,16-17H2,1-2H3,(H,29,35)/t25-/m0/s1. The average Bonchev–Trinajstić information content (AvgIpc) is 3.54. The molecule has 1 N–H and O–H groups in total. The fourth-order valence-electron chi connectivity index (χ4n) is 5.29. The highest BCUT2D eigenvalue weighted by molar-refractivity contribution is 5.79. The number of rotatable bonds is 8. The van der Waals surface area contributed by atoms with Gasteiger partial charge in [-0.05, 0) is 77.4 Å². The first-order chi connectivity index (χ1) is 17.0. The summed E-state index contributed by atoms with van der Waals surface area (Å²) < 4.78 is 15.2. The molecule has 0 bridgehead atoms. The smallest absolute Gasteiger partial charge is 0.252 e. The lowest BCUT2D eigenvalue weighted by atomic mass is 10.0. The van der Waals surface area contributed by atoms with Crippen LogP contribution >= 0.6 is 0 Å². The Morgan fingerprint density at radius 1 is 1.14 bits per heavy atom. The molecule has 35 heavy (non-hydrogen) atoms. The van der Waals surface area contributed by atoms with Crippen molar-refractivity contribution in [3.05, 3.63) is 87.2 Å². The summed E-state index contributed by atoms with van der Waals surface area (Å²) in [7, 11) is 0. The molecule has 2 aromatic heterocycles. The number of hydrogen-bond acceptors (Lipinski definition) is 5. The van der Waals surface area contributed by atoms with E-state index in [4.69, 9.17) is 0 Å². The van der Waals surface area contributed by atoms with Crippen LogP contribution in [0.25, 0.3) is 10.9 Å². The minimum atomic E-state index is -0.264. The lowest BCUT2D eigenvalue weighted by Gasteiger charge is -2.35. The molecule has 1 atom stereocenters. The average molecular weight is 475 g/mol. The van der Waals surface area contributed by atoms with Gasteiger partial charge in [0.2, 0.25) is 0 Å². The zero-order valence-electron chi connectivity index (χ0n) is 20.2. The number of aryl methyl sites for hydroxylation is 1. The maximum absolute atomic E-state index is 13.4. The zero-order valence-corrected chi connectivity index (χ0v) is 20.2. The summed E-state index contributed by atoms with van der Waals surface area (Å²) >= 11 is 0. The second-order valence-electron chi connectivity index (χ2n) is 9.57. The van der Waals surface area contributed by atoms with Gasteiger partial charge >= 0.3 is 0 Å². The van der Waals surface area contributed by atoms with Gasteiger partial charge in [-0.15, -0.1) is 5.10 Å². The van der Waals surface area contributed by atoms with Gasteiger partial charge in [0, 0.05) is 23.7 Å². The molecule has 4 aromatic rings. The van der Waals surface area contributed by atoms with Crippen molar-refractivity contribution in [1.82, 2.24) is 30.1 Å². The number of pyridine rings is 1. The fourth-order valence-corrected chi connectivity index (χ4v) is 5.29. The van der Waals surface area contributed by atoms with Crippen LogP contribution in [-0.4, -0.2) is 36.1 Å². The highest BCUT2D eigenvalue weighted by Gasteiger charge is 2.32. The third kappa shape index (κ3) is 5.03. The number of fused-ring (bicyclic) bond motifs is 1. The minimum absolute atomic E-state index is 0.0401. The molecular formula is C27H31FN6O. The maximum atomic E-state index is 13.4. The van der Waals surface area contributed by atoms with E-state index in [-0.39, 0.29) is 17.4 Å². The number of H-pyrrole nitrogens is 1. The van der Waals surface area contributed by atoms with Crippen LogP contribution in [0, 0.1) is 12.7 Å². The largest absolute Gasteiger partial charge is 0.322 e. The summed E-state index contributed by atoms with van der Waals surface area (Å²) in [6.07, 6.45) is 5.38. The Morgan fingerprint density at radius 2 is 1.91 bits per heavy atom. The van der Waals surface area contributed by atoms with Crippen LogP contribution < -0.4 is 5.56 Å². The van der Waals surface area contributed by atoms with Gasteiger partial charge in [0.05, 0.1) is 12.6 Å². The van der Waals surface area contributed by atoms with Crippen LogP contribution in [0.5, 0.6) is 0 Å². The van der Waals surface area contributed by atoms with Gasteiger partial charge < -0.3 is 4.98 Å². The Hall–Kier alpha value is -3.39. The normalized spacial score (nSPS) is 15.3. The molecule has 1 saturated carbocycles. The highest BCUT2D eigenvalue weighted by Crippen LogP contribution is 2.33. The summed E-state index contributed by atoms with van der Waals surface area (Å²) in [5, 5.41) is 13.7. The van der Waals surface area contributed by atoms with Crippen molar-refractivity contribution < 1.29 is 4.39 Å². The third-order valence-electron chi connectivity index (χ3n) is 7.12. The van der Waals surface area contributed by atoms with Crippen molar-refractivity contribution in [2.45, 2.75) is 71.1 Å². The van der Waals surface area contributed by atoms with Gasteiger partial charge in [0.25, 0.3) is 5.56 Å². The molecule has 8 heteroatoms. The first-order valence-corrected chi connectivity index (χ1v) is 12.4. The quantitative estimate of drug-likeness (QED) is 0.393. The molecule has 0 radical (unpaired) electrons. The van der Waals surface area contributed by atoms with Crippen molar-refractivity contribution >= 4 is 10.9 Å². The van der Waals surface area contributed by atoms with E-state index in [1.165, 1.54) is 25.0 Å². The molecule has 1 fully saturated rings. The van der Waals surface area contributed by atoms with E-state index >= 15 is 0 Å². The number of halogens is 1. The molecule has 0 unspecified atom stereocenters. The van der Waals surface area contributed by atoms with E-state index < -0.39 is 0 Å². The molecule has 2 aromatic carbocycles. The molecule has 0 saturated heterocycles. The van der Waals surface area contributed by atoms with E-state index in [1.807, 2.05) is 19.1 Å². The molecule has 0 spiro atoms. The summed E-state index contributed by atoms with van der Waals surface area (Å²) in [6, 6.07) is 14.9. The Bertz CT molecular complexity index is 1360. The second kappa shape index (κ2) is 10.1. The molecule has 2 heterocycles. The summed E-state index contributed by atoms with van der Waals surface area (Å²) in [5.41, 5.74) is 3.62. The molecule has 7 nitrogen and oxygen atoms in total. The topological polar surface area (TPSA) is 79.7 Å². The first kappa shape index (κ1) is 23.4. The maximum Gasteiger partial charge on any atom is 0.252 e. The van der Waals surface area contributed by atoms with Crippen molar-refractivity contribution in [2.24, 2.45) is 0 Å². The number of tetrazole rings is 1. The van der Waals surface area contributed by atoms with E-state index in [9.17, 15) is 9.18 Å². The van der Waals surface area contributed by atoms with Gasteiger partial charge in [0.1, 0.15) is 5.82 Å². The van der Waals surface area contributed by atoms with Crippen molar-refractivity contribution in [3.63, 3.8) is 0 Å². The number of aromatic amines is 1. The van der Waals surface area contributed by atoms with Gasteiger partial charge in [-0.1, -0.05) is 44.0 Å². The third-order valence-corrected chi connectivity index (χ3v) is 7.12. The van der Waals surface area contributed by atoms with Gasteiger partial charge in [-0.2, -0.15) is 0 Å². The summed E-state index contributed by atoms with van der Waals surface area (Å²) in [4.78, 5) is 18.6. The lowest BCUT2D eigenvalue weighted by molar-refractivity contribution is 0.112. The van der Waals surface area contributed by atoms with Gasteiger partial charge in [-0.25, -0.2) is 9.07 Å². The highest BCUT2D eigenvalue weighted by atomic mass is 19.1. The van der Waals surface area contributed by atoms with Crippen LogP contribution in [-0.2, 0) is 13.1 Å². The second-order valence-corrected chi connectivity index (χ2v) is 9.57. The SMILES string of the molecule is CC[C@@H](c1nnnn1Cc1ccc(F)cc1)N(Cc1cc2ccc(C)cc2[nH]c1=O)C1CCCC1. The van der Waals surface area contributed by atoms with Crippen LogP contribution in [0.1, 0.15) is 67.6 Å². The van der Waals surface area contributed by atoms with E-state index in [1.54, 1.807) is 16.8 Å². The molecule has 5 rings (SSSR count). The molecule has 1 aliphatic rings. The fraction of sp³-hybridized carbons (Fsp3) is 0.407. The van der Waals surface area contributed by atoms with Crippen molar-refractivity contribution in [2.75, 3.05) is 0 Å². The van der Waals surface area contributed by atoms with Crippen LogP contribution in [0.4, 0.5) is 4.39 Å². The van der Waals surface area contributed by atoms with E-state index in [0.717, 1.165) is 52.7 Å². The summed E-state index contributed by atoms with van der Waals surface area (Å²) in [5.74, 6) is 0.511. The Kier molecular flexibility index (Phi) is 6.72. The van der Waals surface area contributed by atoms with Gasteiger partial charge in [0.15, 0.2) is 5.82 Å². The van der Waals surface area contributed by atoms with Crippen molar-refractivity contribution in [3.8, 4) is 0 Å². The first-order valence-electron chi connectivity index (χ1n) is 12.4. The Labute approximate surface area is 204 Å². The number of nitrogens with one attached hydrogen (secondary N) is 1. The predicted octanol–water partition coefficient (Wildman–Crippen LogP) is 4.91. The summed E-state index contributed by atoms with van der Waals surface area (Å²) in [6.45, 7) is 5.16. The zero-order chi connectivity index (χ0) is 24.4. The predicted molar refractivity (Wildman–Crippen MR) is 133 cm³/mol.